The van der Waals surface area contributed by atoms with Crippen LogP contribution >= 0.6 is 0 Å². The van der Waals surface area contributed by atoms with Crippen molar-refractivity contribution in [3.63, 3.8) is 0 Å². The molecule has 1 rings (SSSR count). The van der Waals surface area contributed by atoms with Crippen molar-refractivity contribution in [2.75, 3.05) is 0 Å². The number of allylic oxidation sites excluding steroid dienone is 1. The molecule has 74 valence electrons. The number of aromatic nitrogens is 2. The zero-order valence-corrected chi connectivity index (χ0v) is 7.53. The number of hydrogen-bond donors (Lipinski definition) is 4. The highest BCUT2D eigenvalue weighted by Crippen LogP contribution is 2.10. The van der Waals surface area contributed by atoms with Gasteiger partial charge in [0.15, 0.2) is 11.7 Å². The summed E-state index contributed by atoms with van der Waals surface area (Å²) in [6, 6.07) is 0. The van der Waals surface area contributed by atoms with Gasteiger partial charge in [-0.05, 0) is 12.5 Å². The summed E-state index contributed by atoms with van der Waals surface area (Å²) in [4.78, 5) is 16.9. The Kier molecular flexibility index (Phi) is 2.66. The third kappa shape index (κ3) is 2.19. The number of carboxylic acid groups (broad SMARTS) is 1. The molecule has 0 bridgehead atoms. The minimum atomic E-state index is -1.03. The maximum Gasteiger partial charge on any atom is 0.328 e. The smallest absolute Gasteiger partial charge is 0.328 e. The zero-order valence-electron chi connectivity index (χ0n) is 7.53. The lowest BCUT2D eigenvalue weighted by Gasteiger charge is -1.94. The molecule has 0 aliphatic carbocycles. The number of nitrogens with two attached hydrogens (primary N) is 1. The van der Waals surface area contributed by atoms with Gasteiger partial charge in [-0.25, -0.2) is 9.78 Å². The van der Waals surface area contributed by atoms with Crippen LogP contribution in [0.15, 0.2) is 12.3 Å². The van der Waals surface area contributed by atoms with Crippen LogP contribution in [0.25, 0.3) is 5.57 Å². The Labute approximate surface area is 80.0 Å². The molecule has 0 aliphatic heterocycles. The van der Waals surface area contributed by atoms with Crippen molar-refractivity contribution >= 4 is 17.4 Å². The van der Waals surface area contributed by atoms with Crippen LogP contribution in [0.1, 0.15) is 18.4 Å². The molecule has 0 saturated carbocycles. The summed E-state index contributed by atoms with van der Waals surface area (Å²) in [5, 5.41) is 15.6. The van der Waals surface area contributed by atoms with Gasteiger partial charge in [0, 0.05) is 6.08 Å². The number of nitrogens with one attached hydrogen (secondary N) is 2. The average molecular weight is 194 g/mol. The van der Waals surface area contributed by atoms with Gasteiger partial charge in [-0.3, -0.25) is 5.41 Å². The van der Waals surface area contributed by atoms with Crippen LogP contribution in [0.5, 0.6) is 0 Å². The van der Waals surface area contributed by atoms with E-state index in [0.29, 0.717) is 11.3 Å². The molecule has 6 heteroatoms. The largest absolute Gasteiger partial charge is 0.478 e. The Hall–Kier alpha value is -2.11. The van der Waals surface area contributed by atoms with E-state index in [1.54, 1.807) is 6.92 Å². The average Bonchev–Trinajstić information content (AvgIpc) is 2.50. The van der Waals surface area contributed by atoms with Crippen LogP contribution in [-0.4, -0.2) is 26.9 Å². The first-order valence-electron chi connectivity index (χ1n) is 3.81. The maximum atomic E-state index is 10.3. The number of imidazole rings is 1. The summed E-state index contributed by atoms with van der Waals surface area (Å²) in [6.07, 6.45) is 2.49. The normalized spacial score (nSPS) is 11.4. The Morgan fingerprint density at radius 2 is 2.43 bits per heavy atom. The van der Waals surface area contributed by atoms with Gasteiger partial charge in [0.25, 0.3) is 0 Å². The fourth-order valence-corrected chi connectivity index (χ4v) is 0.921. The fraction of sp³-hybridized carbons (Fsp3) is 0.125. The second-order valence-corrected chi connectivity index (χ2v) is 2.72. The van der Waals surface area contributed by atoms with Crippen molar-refractivity contribution in [1.29, 1.82) is 5.41 Å². The lowest BCUT2D eigenvalue weighted by Crippen LogP contribution is -2.12. The Balaban J connectivity index is 2.97. The van der Waals surface area contributed by atoms with Crippen molar-refractivity contribution < 1.29 is 9.90 Å². The summed E-state index contributed by atoms with van der Waals surface area (Å²) < 4.78 is 0. The molecule has 0 saturated heterocycles. The highest BCUT2D eigenvalue weighted by molar-refractivity contribution is 5.92. The summed E-state index contributed by atoms with van der Waals surface area (Å²) >= 11 is 0. The predicted molar refractivity (Wildman–Crippen MR) is 50.9 cm³/mol. The van der Waals surface area contributed by atoms with E-state index in [4.69, 9.17) is 16.2 Å². The lowest BCUT2D eigenvalue weighted by molar-refractivity contribution is -0.131. The number of hydrogen-bond acceptors (Lipinski definition) is 3. The van der Waals surface area contributed by atoms with Gasteiger partial charge in [-0.1, -0.05) is 0 Å². The molecule has 0 amide bonds. The number of nitrogen functional groups attached to an aromatic ring is 1. The van der Waals surface area contributed by atoms with Crippen LogP contribution in [0.2, 0.25) is 0 Å². The first-order valence-corrected chi connectivity index (χ1v) is 3.81. The summed E-state index contributed by atoms with van der Waals surface area (Å²) in [7, 11) is 0. The number of carboxylic acids is 1. The monoisotopic (exact) mass is 194 g/mol. The minimum Gasteiger partial charge on any atom is -0.478 e. The molecule has 1 aromatic rings. The van der Waals surface area contributed by atoms with Crippen molar-refractivity contribution in [2.45, 2.75) is 6.92 Å². The predicted octanol–water partition coefficient (Wildman–Crippen LogP) is 0.182. The van der Waals surface area contributed by atoms with Gasteiger partial charge in [0.2, 0.25) is 0 Å². The topological polar surface area (TPSA) is 116 Å². The molecule has 0 aromatic carbocycles. The van der Waals surface area contributed by atoms with Crippen molar-refractivity contribution in [3.05, 3.63) is 23.8 Å². The summed E-state index contributed by atoms with van der Waals surface area (Å²) in [5.74, 6) is -0.973. The number of aromatic amines is 1. The van der Waals surface area contributed by atoms with E-state index in [9.17, 15) is 4.79 Å². The van der Waals surface area contributed by atoms with Gasteiger partial charge in [0.05, 0.1) is 11.9 Å². The van der Waals surface area contributed by atoms with Gasteiger partial charge >= 0.3 is 5.97 Å². The highest BCUT2D eigenvalue weighted by Gasteiger charge is 2.05. The van der Waals surface area contributed by atoms with Gasteiger partial charge in [0.1, 0.15) is 0 Å². The van der Waals surface area contributed by atoms with E-state index in [0.717, 1.165) is 6.08 Å². The van der Waals surface area contributed by atoms with Crippen LogP contribution in [0.3, 0.4) is 0 Å². The molecular weight excluding hydrogens is 184 g/mol. The number of aliphatic carboxylic acids is 1. The van der Waals surface area contributed by atoms with Crippen LogP contribution in [0, 0.1) is 5.41 Å². The molecule has 0 aliphatic rings. The zero-order chi connectivity index (χ0) is 10.7. The third-order valence-electron chi connectivity index (χ3n) is 1.60. The molecule has 14 heavy (non-hydrogen) atoms. The molecule has 0 radical (unpaired) electrons. The van der Waals surface area contributed by atoms with Crippen molar-refractivity contribution in [3.8, 4) is 0 Å². The SMILES string of the molecule is C/C(=C\C(=O)O)c1cnc(C(=N)N)[nH]1. The number of carbonyl (C=O) groups is 1. The van der Waals surface area contributed by atoms with Crippen molar-refractivity contribution in [2.24, 2.45) is 5.73 Å². The molecule has 5 N–H and O–H groups in total. The number of H-pyrrole nitrogens is 1. The number of nitrogens with zero attached hydrogens (tertiary/aromatic N) is 1. The Morgan fingerprint density at radius 1 is 1.79 bits per heavy atom. The Bertz CT molecular complexity index is 405. The van der Waals surface area contributed by atoms with Crippen LogP contribution in [0.4, 0.5) is 0 Å². The standard InChI is InChI=1S/C8H10N4O2/c1-4(2-6(13)14)5-3-11-8(12-5)7(9)10/h2-3H,1H3,(H3,9,10)(H,11,12)(H,13,14)/b4-2+. The molecule has 0 fully saturated rings. The van der Waals surface area contributed by atoms with Gasteiger partial charge in [-0.15, -0.1) is 0 Å². The third-order valence-corrected chi connectivity index (χ3v) is 1.60. The van der Waals surface area contributed by atoms with Crippen LogP contribution < -0.4 is 5.73 Å². The molecule has 6 nitrogen and oxygen atoms in total. The summed E-state index contributed by atoms with van der Waals surface area (Å²) in [5.41, 5.74) is 6.25. The maximum absolute atomic E-state index is 10.3. The van der Waals surface area contributed by atoms with Crippen molar-refractivity contribution in [1.82, 2.24) is 9.97 Å². The quantitative estimate of drug-likeness (QED) is 0.312. The van der Waals surface area contributed by atoms with Gasteiger partial charge < -0.3 is 15.8 Å². The molecule has 0 spiro atoms. The Morgan fingerprint density at radius 3 is 2.86 bits per heavy atom. The highest BCUT2D eigenvalue weighted by atomic mass is 16.4. The van der Waals surface area contributed by atoms with E-state index in [-0.39, 0.29) is 11.7 Å². The number of rotatable bonds is 3. The fourth-order valence-electron chi connectivity index (χ4n) is 0.921. The van der Waals surface area contributed by atoms with E-state index >= 15 is 0 Å². The molecular formula is C8H10N4O2. The van der Waals surface area contributed by atoms with E-state index < -0.39 is 5.97 Å². The minimum absolute atomic E-state index is 0.181. The van der Waals surface area contributed by atoms with E-state index in [1.807, 2.05) is 0 Å². The lowest BCUT2D eigenvalue weighted by atomic mass is 10.2. The number of amidine groups is 1. The van der Waals surface area contributed by atoms with Crippen LogP contribution in [-0.2, 0) is 4.79 Å². The second kappa shape index (κ2) is 3.73. The van der Waals surface area contributed by atoms with E-state index in [1.165, 1.54) is 6.20 Å². The molecule has 0 atom stereocenters. The molecule has 1 aromatic heterocycles. The first-order chi connectivity index (χ1) is 6.50. The molecule has 1 heterocycles. The second-order valence-electron chi connectivity index (χ2n) is 2.72. The summed E-state index contributed by atoms with van der Waals surface area (Å²) in [6.45, 7) is 1.63. The first kappa shape index (κ1) is 9.97. The van der Waals surface area contributed by atoms with Gasteiger partial charge in [-0.2, -0.15) is 0 Å². The molecule has 0 unspecified atom stereocenters. The van der Waals surface area contributed by atoms with E-state index in [2.05, 4.69) is 9.97 Å².